The number of piperidine rings is 2. The maximum atomic E-state index is 6.13. The van der Waals surface area contributed by atoms with Crippen molar-refractivity contribution in [2.45, 2.75) is 57.0 Å². The van der Waals surface area contributed by atoms with Crippen molar-refractivity contribution in [2.24, 2.45) is 17.6 Å². The summed E-state index contributed by atoms with van der Waals surface area (Å²) in [4.78, 5) is 5.37. The van der Waals surface area contributed by atoms with E-state index in [-0.39, 0.29) is 0 Å². The summed E-state index contributed by atoms with van der Waals surface area (Å²) < 4.78 is 0. The van der Waals surface area contributed by atoms with Crippen molar-refractivity contribution < 1.29 is 0 Å². The third-order valence-corrected chi connectivity index (χ3v) is 6.03. The van der Waals surface area contributed by atoms with Crippen LogP contribution in [0.4, 0.5) is 0 Å². The standard InChI is InChI=1S/C16H31N3/c1-18-9-4-7-14-12-19(10-8-15(14)18)16(11-17)13-5-2-3-6-13/h13-16H,2-12,17H2,1H3. The van der Waals surface area contributed by atoms with Crippen LogP contribution in [0.25, 0.3) is 0 Å². The predicted molar refractivity (Wildman–Crippen MR) is 80.1 cm³/mol. The Hall–Kier alpha value is -0.120. The predicted octanol–water partition coefficient (Wildman–Crippen LogP) is 1.92. The Labute approximate surface area is 118 Å². The van der Waals surface area contributed by atoms with Gasteiger partial charge < -0.3 is 10.6 Å². The second kappa shape index (κ2) is 6.11. The smallest absolute Gasteiger partial charge is 0.0246 e. The lowest BCUT2D eigenvalue weighted by molar-refractivity contribution is 0.00967. The molecule has 0 bridgehead atoms. The molecule has 0 spiro atoms. The number of hydrogen-bond donors (Lipinski definition) is 1. The van der Waals surface area contributed by atoms with E-state index in [1.54, 1.807) is 0 Å². The second-order valence-electron chi connectivity index (χ2n) is 7.08. The molecule has 2 N–H and O–H groups in total. The highest BCUT2D eigenvalue weighted by Crippen LogP contribution is 2.35. The van der Waals surface area contributed by atoms with Crippen LogP contribution in [0.1, 0.15) is 44.9 Å². The van der Waals surface area contributed by atoms with Gasteiger partial charge in [-0.2, -0.15) is 0 Å². The quantitative estimate of drug-likeness (QED) is 0.846. The zero-order chi connectivity index (χ0) is 13.2. The van der Waals surface area contributed by atoms with Gasteiger partial charge in [0, 0.05) is 31.7 Å². The van der Waals surface area contributed by atoms with Gasteiger partial charge in [0.05, 0.1) is 0 Å². The van der Waals surface area contributed by atoms with Gasteiger partial charge in [0.25, 0.3) is 0 Å². The number of likely N-dealkylation sites (tertiary alicyclic amines) is 2. The van der Waals surface area contributed by atoms with Crippen LogP contribution in [0.2, 0.25) is 0 Å². The molecule has 0 amide bonds. The van der Waals surface area contributed by atoms with Gasteiger partial charge in [0.1, 0.15) is 0 Å². The molecular weight excluding hydrogens is 234 g/mol. The van der Waals surface area contributed by atoms with E-state index >= 15 is 0 Å². The van der Waals surface area contributed by atoms with Gasteiger partial charge in [-0.1, -0.05) is 12.8 Å². The SMILES string of the molecule is CN1CCCC2CN(C(CN)C3CCCC3)CCC21. The second-order valence-corrected chi connectivity index (χ2v) is 7.08. The Bertz CT molecular complexity index is 288. The van der Waals surface area contributed by atoms with Crippen molar-refractivity contribution in [2.75, 3.05) is 33.2 Å². The fourth-order valence-electron chi connectivity index (χ4n) is 4.96. The van der Waals surface area contributed by atoms with Crippen molar-refractivity contribution in [1.82, 2.24) is 9.80 Å². The van der Waals surface area contributed by atoms with Crippen LogP contribution >= 0.6 is 0 Å². The zero-order valence-electron chi connectivity index (χ0n) is 12.6. The number of rotatable bonds is 3. The summed E-state index contributed by atoms with van der Waals surface area (Å²) in [5.41, 5.74) is 6.13. The van der Waals surface area contributed by atoms with Gasteiger partial charge in [-0.25, -0.2) is 0 Å². The molecule has 3 unspecified atom stereocenters. The van der Waals surface area contributed by atoms with Gasteiger partial charge in [0.2, 0.25) is 0 Å². The van der Waals surface area contributed by atoms with Crippen molar-refractivity contribution in [3.8, 4) is 0 Å². The molecule has 0 radical (unpaired) electrons. The first-order chi connectivity index (χ1) is 9.29. The monoisotopic (exact) mass is 265 g/mol. The van der Waals surface area contributed by atoms with E-state index in [9.17, 15) is 0 Å². The maximum absolute atomic E-state index is 6.13. The third-order valence-electron chi connectivity index (χ3n) is 6.03. The molecule has 1 aliphatic carbocycles. The lowest BCUT2D eigenvalue weighted by Gasteiger charge is -2.48. The van der Waals surface area contributed by atoms with E-state index in [0.29, 0.717) is 6.04 Å². The molecule has 2 heterocycles. The first-order valence-electron chi connectivity index (χ1n) is 8.44. The van der Waals surface area contributed by atoms with Crippen molar-refractivity contribution in [1.29, 1.82) is 0 Å². The Balaban J connectivity index is 1.62. The Morgan fingerprint density at radius 1 is 1.05 bits per heavy atom. The molecule has 19 heavy (non-hydrogen) atoms. The summed E-state index contributed by atoms with van der Waals surface area (Å²) in [5, 5.41) is 0. The van der Waals surface area contributed by atoms with Crippen LogP contribution in [0.5, 0.6) is 0 Å². The van der Waals surface area contributed by atoms with E-state index in [4.69, 9.17) is 5.73 Å². The molecule has 2 aliphatic heterocycles. The molecule has 0 aromatic heterocycles. The average molecular weight is 265 g/mol. The van der Waals surface area contributed by atoms with E-state index < -0.39 is 0 Å². The lowest BCUT2D eigenvalue weighted by atomic mass is 9.82. The Morgan fingerprint density at radius 2 is 1.84 bits per heavy atom. The highest BCUT2D eigenvalue weighted by Gasteiger charge is 2.38. The van der Waals surface area contributed by atoms with Crippen molar-refractivity contribution in [3.05, 3.63) is 0 Å². The average Bonchev–Trinajstić information content (AvgIpc) is 2.94. The highest BCUT2D eigenvalue weighted by molar-refractivity contribution is 4.93. The molecule has 1 saturated carbocycles. The van der Waals surface area contributed by atoms with Crippen LogP contribution in [-0.2, 0) is 0 Å². The van der Waals surface area contributed by atoms with Crippen molar-refractivity contribution >= 4 is 0 Å². The molecule has 3 rings (SSSR count). The molecule has 0 aromatic rings. The molecule has 110 valence electrons. The summed E-state index contributed by atoms with van der Waals surface area (Å²) in [6.07, 6.45) is 9.91. The largest absolute Gasteiger partial charge is 0.329 e. The lowest BCUT2D eigenvalue weighted by Crippen LogP contribution is -2.57. The van der Waals surface area contributed by atoms with E-state index in [1.807, 2.05) is 0 Å². The maximum Gasteiger partial charge on any atom is 0.0246 e. The summed E-state index contributed by atoms with van der Waals surface area (Å²) in [7, 11) is 2.32. The first kappa shape index (κ1) is 13.8. The number of fused-ring (bicyclic) bond motifs is 1. The van der Waals surface area contributed by atoms with Gasteiger partial charge in [-0.3, -0.25) is 4.90 Å². The summed E-state index contributed by atoms with van der Waals surface area (Å²) in [6.45, 7) is 4.78. The molecule has 3 aliphatic rings. The van der Waals surface area contributed by atoms with E-state index in [2.05, 4.69) is 16.8 Å². The summed E-state index contributed by atoms with van der Waals surface area (Å²) in [6, 6.07) is 1.53. The highest BCUT2D eigenvalue weighted by atomic mass is 15.2. The zero-order valence-corrected chi connectivity index (χ0v) is 12.6. The number of nitrogens with two attached hydrogens (primary N) is 1. The molecule has 0 aromatic carbocycles. The topological polar surface area (TPSA) is 32.5 Å². The van der Waals surface area contributed by atoms with Gasteiger partial charge in [-0.15, -0.1) is 0 Å². The van der Waals surface area contributed by atoms with Gasteiger partial charge >= 0.3 is 0 Å². The Kier molecular flexibility index (Phi) is 4.45. The minimum Gasteiger partial charge on any atom is -0.329 e. The summed E-state index contributed by atoms with van der Waals surface area (Å²) in [5.74, 6) is 1.80. The number of nitrogens with zero attached hydrogens (tertiary/aromatic N) is 2. The summed E-state index contributed by atoms with van der Waals surface area (Å²) >= 11 is 0. The van der Waals surface area contributed by atoms with E-state index in [0.717, 1.165) is 24.4 Å². The first-order valence-corrected chi connectivity index (χ1v) is 8.44. The van der Waals surface area contributed by atoms with E-state index in [1.165, 1.54) is 64.6 Å². The molecule has 2 saturated heterocycles. The molecule has 3 fully saturated rings. The van der Waals surface area contributed by atoms with Crippen LogP contribution in [0.3, 0.4) is 0 Å². The van der Waals surface area contributed by atoms with Crippen LogP contribution < -0.4 is 5.73 Å². The third kappa shape index (κ3) is 2.84. The van der Waals surface area contributed by atoms with Crippen LogP contribution in [0.15, 0.2) is 0 Å². The van der Waals surface area contributed by atoms with Crippen LogP contribution in [0, 0.1) is 11.8 Å². The Morgan fingerprint density at radius 3 is 2.58 bits per heavy atom. The van der Waals surface area contributed by atoms with Crippen LogP contribution in [-0.4, -0.2) is 55.1 Å². The molecule has 3 nitrogen and oxygen atoms in total. The van der Waals surface area contributed by atoms with Gasteiger partial charge in [-0.05, 0) is 57.5 Å². The van der Waals surface area contributed by atoms with Gasteiger partial charge in [0.15, 0.2) is 0 Å². The fourth-order valence-corrected chi connectivity index (χ4v) is 4.96. The fraction of sp³-hybridized carbons (Fsp3) is 1.00. The molecule has 3 atom stereocenters. The van der Waals surface area contributed by atoms with Crippen molar-refractivity contribution in [3.63, 3.8) is 0 Å². The minimum absolute atomic E-state index is 0.677. The normalized spacial score (nSPS) is 36.3. The molecule has 3 heteroatoms. The molecular formula is C16H31N3. The number of hydrogen-bond acceptors (Lipinski definition) is 3. The minimum atomic E-state index is 0.677.